The van der Waals surface area contributed by atoms with E-state index in [0.29, 0.717) is 36.3 Å². The Labute approximate surface area is 182 Å². The minimum absolute atomic E-state index is 0.0129. The summed E-state index contributed by atoms with van der Waals surface area (Å²) in [7, 11) is 3.17. The molecule has 1 N–H and O–H groups in total. The van der Waals surface area contributed by atoms with Crippen LogP contribution in [-0.2, 0) is 9.53 Å². The summed E-state index contributed by atoms with van der Waals surface area (Å²) in [5.41, 5.74) is 1.85. The van der Waals surface area contributed by atoms with Crippen LogP contribution in [0.5, 0.6) is 11.5 Å². The summed E-state index contributed by atoms with van der Waals surface area (Å²) in [6.07, 6.45) is 3.26. The molecule has 0 saturated carbocycles. The van der Waals surface area contributed by atoms with Crippen LogP contribution < -0.4 is 14.8 Å². The zero-order valence-corrected chi connectivity index (χ0v) is 18.0. The second kappa shape index (κ2) is 11.0. The fourth-order valence-corrected chi connectivity index (χ4v) is 3.72. The molecule has 160 valence electrons. The molecule has 0 aromatic heterocycles. The lowest BCUT2D eigenvalue weighted by Gasteiger charge is -2.35. The van der Waals surface area contributed by atoms with Crippen molar-refractivity contribution in [3.8, 4) is 11.5 Å². The summed E-state index contributed by atoms with van der Waals surface area (Å²) in [5.74, 6) is 1.09. The average Bonchev–Trinajstić information content (AvgIpc) is 2.79. The number of carbonyl (C=O) groups excluding carboxylic acids is 1. The van der Waals surface area contributed by atoms with Crippen LogP contribution in [0.15, 0.2) is 48.5 Å². The van der Waals surface area contributed by atoms with E-state index in [1.165, 1.54) is 6.08 Å². The first-order valence-electron chi connectivity index (χ1n) is 9.86. The zero-order chi connectivity index (χ0) is 21.3. The third-order valence-electron chi connectivity index (χ3n) is 5.06. The van der Waals surface area contributed by atoms with E-state index in [9.17, 15) is 4.79 Å². The van der Waals surface area contributed by atoms with E-state index in [1.54, 1.807) is 20.3 Å². The number of ether oxygens (including phenoxy) is 3. The molecule has 1 saturated heterocycles. The number of nitrogens with one attached hydrogen (secondary N) is 1. The number of halogens is 1. The summed E-state index contributed by atoms with van der Waals surface area (Å²) in [5, 5.41) is 3.70. The molecule has 1 aliphatic rings. The molecule has 0 aliphatic carbocycles. The van der Waals surface area contributed by atoms with Crippen LogP contribution in [0.4, 0.5) is 0 Å². The van der Waals surface area contributed by atoms with Crippen LogP contribution in [0, 0.1) is 0 Å². The smallest absolute Gasteiger partial charge is 0.244 e. The molecule has 1 amide bonds. The first kappa shape index (κ1) is 22.2. The number of benzene rings is 2. The van der Waals surface area contributed by atoms with Crippen molar-refractivity contribution >= 4 is 23.6 Å². The maximum absolute atomic E-state index is 12.5. The van der Waals surface area contributed by atoms with Gasteiger partial charge < -0.3 is 19.5 Å². The maximum atomic E-state index is 12.5. The van der Waals surface area contributed by atoms with Gasteiger partial charge in [0.1, 0.15) is 0 Å². The molecule has 2 aromatic rings. The highest BCUT2D eigenvalue weighted by molar-refractivity contribution is 6.31. The predicted octanol–water partition coefficient (Wildman–Crippen LogP) is 3.56. The minimum atomic E-state index is -0.171. The van der Waals surface area contributed by atoms with Gasteiger partial charge in [-0.2, -0.15) is 0 Å². The van der Waals surface area contributed by atoms with Crippen LogP contribution in [0.1, 0.15) is 17.2 Å². The molecular weight excluding hydrogens is 404 g/mol. The Morgan fingerprint density at radius 3 is 2.60 bits per heavy atom. The van der Waals surface area contributed by atoms with E-state index >= 15 is 0 Å². The standard InChI is InChI=1S/C23H27ClN2O4/c1-28-21-9-7-17(15-22(21)29-2)8-10-23(27)25-16-20(26-11-13-30-14-12-26)18-5-3-4-6-19(18)24/h3-10,15,20H,11-14,16H2,1-2H3,(H,25,27)/b10-8+. The van der Waals surface area contributed by atoms with Gasteiger partial charge in [0.25, 0.3) is 0 Å². The van der Waals surface area contributed by atoms with Crippen LogP contribution in [0.2, 0.25) is 5.02 Å². The van der Waals surface area contributed by atoms with E-state index in [-0.39, 0.29) is 11.9 Å². The molecule has 1 aliphatic heterocycles. The van der Waals surface area contributed by atoms with Gasteiger partial charge in [-0.05, 0) is 35.4 Å². The van der Waals surface area contributed by atoms with Gasteiger partial charge in [-0.1, -0.05) is 35.9 Å². The van der Waals surface area contributed by atoms with Crippen molar-refractivity contribution in [1.82, 2.24) is 10.2 Å². The van der Waals surface area contributed by atoms with Gasteiger partial charge in [0.15, 0.2) is 11.5 Å². The molecule has 7 heteroatoms. The second-order valence-corrected chi connectivity index (χ2v) is 7.29. The lowest BCUT2D eigenvalue weighted by molar-refractivity contribution is -0.116. The number of amides is 1. The third-order valence-corrected chi connectivity index (χ3v) is 5.40. The Balaban J connectivity index is 1.67. The molecular formula is C23H27ClN2O4. The number of rotatable bonds is 8. The SMILES string of the molecule is COc1ccc(/C=C/C(=O)NCC(c2ccccc2Cl)N2CCOCC2)cc1OC. The Bertz CT molecular complexity index is 881. The molecule has 0 spiro atoms. The summed E-state index contributed by atoms with van der Waals surface area (Å²) >= 11 is 6.44. The van der Waals surface area contributed by atoms with Gasteiger partial charge in [0, 0.05) is 30.7 Å². The number of methoxy groups -OCH3 is 2. The number of hydrogen-bond donors (Lipinski definition) is 1. The number of nitrogens with zero attached hydrogens (tertiary/aromatic N) is 1. The van der Waals surface area contributed by atoms with Crippen molar-refractivity contribution in [3.05, 3.63) is 64.7 Å². The molecule has 2 aromatic carbocycles. The van der Waals surface area contributed by atoms with Crippen LogP contribution >= 0.6 is 11.6 Å². The van der Waals surface area contributed by atoms with Crippen LogP contribution in [0.25, 0.3) is 6.08 Å². The Morgan fingerprint density at radius 1 is 1.17 bits per heavy atom. The summed E-state index contributed by atoms with van der Waals surface area (Å²) in [4.78, 5) is 14.8. The van der Waals surface area contributed by atoms with Gasteiger partial charge in [-0.25, -0.2) is 0 Å². The van der Waals surface area contributed by atoms with Gasteiger partial charge in [0.05, 0.1) is 33.5 Å². The zero-order valence-electron chi connectivity index (χ0n) is 17.3. The maximum Gasteiger partial charge on any atom is 0.244 e. The molecule has 1 atom stereocenters. The number of morpholine rings is 1. The monoisotopic (exact) mass is 430 g/mol. The lowest BCUT2D eigenvalue weighted by Crippen LogP contribution is -2.43. The molecule has 1 unspecified atom stereocenters. The van der Waals surface area contributed by atoms with E-state index in [0.717, 1.165) is 24.2 Å². The van der Waals surface area contributed by atoms with Crippen LogP contribution in [0.3, 0.4) is 0 Å². The first-order chi connectivity index (χ1) is 14.6. The molecule has 3 rings (SSSR count). The second-order valence-electron chi connectivity index (χ2n) is 6.88. The highest BCUT2D eigenvalue weighted by atomic mass is 35.5. The third kappa shape index (κ3) is 5.75. The normalized spacial score (nSPS) is 15.7. The van der Waals surface area contributed by atoms with E-state index in [1.807, 2.05) is 42.5 Å². The predicted molar refractivity (Wildman–Crippen MR) is 118 cm³/mol. The van der Waals surface area contributed by atoms with Crippen molar-refractivity contribution in [2.45, 2.75) is 6.04 Å². The summed E-state index contributed by atoms with van der Waals surface area (Å²) < 4.78 is 16.0. The van der Waals surface area contributed by atoms with E-state index < -0.39 is 0 Å². The highest BCUT2D eigenvalue weighted by Gasteiger charge is 2.24. The minimum Gasteiger partial charge on any atom is -0.493 e. The van der Waals surface area contributed by atoms with E-state index in [4.69, 9.17) is 25.8 Å². The molecule has 30 heavy (non-hydrogen) atoms. The number of hydrogen-bond acceptors (Lipinski definition) is 5. The molecule has 1 fully saturated rings. The van der Waals surface area contributed by atoms with Gasteiger partial charge in [-0.3, -0.25) is 9.69 Å². The molecule has 6 nitrogen and oxygen atoms in total. The summed E-state index contributed by atoms with van der Waals surface area (Å²) in [6.45, 7) is 3.40. The first-order valence-corrected chi connectivity index (χ1v) is 10.2. The van der Waals surface area contributed by atoms with Crippen molar-refractivity contribution in [1.29, 1.82) is 0 Å². The van der Waals surface area contributed by atoms with Crippen molar-refractivity contribution in [3.63, 3.8) is 0 Å². The molecule has 0 radical (unpaired) electrons. The fraction of sp³-hybridized carbons (Fsp3) is 0.348. The topological polar surface area (TPSA) is 60.0 Å². The molecule has 0 bridgehead atoms. The number of carbonyl (C=O) groups is 1. The highest BCUT2D eigenvalue weighted by Crippen LogP contribution is 2.29. The Morgan fingerprint density at radius 2 is 1.90 bits per heavy atom. The summed E-state index contributed by atoms with van der Waals surface area (Å²) in [6, 6.07) is 13.2. The van der Waals surface area contributed by atoms with Gasteiger partial charge in [-0.15, -0.1) is 0 Å². The van der Waals surface area contributed by atoms with Crippen molar-refractivity contribution in [2.75, 3.05) is 47.1 Å². The molecule has 1 heterocycles. The van der Waals surface area contributed by atoms with Crippen molar-refractivity contribution in [2.24, 2.45) is 0 Å². The Kier molecular flexibility index (Phi) is 8.13. The van der Waals surface area contributed by atoms with Crippen LogP contribution in [-0.4, -0.2) is 57.9 Å². The largest absolute Gasteiger partial charge is 0.493 e. The van der Waals surface area contributed by atoms with Crippen molar-refractivity contribution < 1.29 is 19.0 Å². The Hall–Kier alpha value is -2.54. The van der Waals surface area contributed by atoms with Gasteiger partial charge in [0.2, 0.25) is 5.91 Å². The lowest BCUT2D eigenvalue weighted by atomic mass is 10.0. The average molecular weight is 431 g/mol. The van der Waals surface area contributed by atoms with E-state index in [2.05, 4.69) is 10.2 Å². The fourth-order valence-electron chi connectivity index (χ4n) is 3.45. The quantitative estimate of drug-likeness (QED) is 0.649. The van der Waals surface area contributed by atoms with Gasteiger partial charge >= 0.3 is 0 Å².